The topological polar surface area (TPSA) is 81.7 Å². The van der Waals surface area contributed by atoms with Gasteiger partial charge in [0.2, 0.25) is 0 Å². The highest BCUT2D eigenvalue weighted by atomic mass is 16.4. The van der Waals surface area contributed by atoms with Crippen LogP contribution in [0.5, 0.6) is 0 Å². The lowest BCUT2D eigenvalue weighted by molar-refractivity contribution is 0.0696. The maximum absolute atomic E-state index is 11.9. The first-order valence-electron chi connectivity index (χ1n) is 8.57. The van der Waals surface area contributed by atoms with Crippen molar-refractivity contribution in [2.75, 3.05) is 25.5 Å². The van der Waals surface area contributed by atoms with E-state index in [9.17, 15) is 9.59 Å². The molecule has 0 saturated carbocycles. The number of carboxylic acid groups (broad SMARTS) is 1. The quantitative estimate of drug-likeness (QED) is 0.634. The van der Waals surface area contributed by atoms with E-state index in [2.05, 4.69) is 27.7 Å². The zero-order chi connectivity index (χ0) is 18.9. The number of carboxylic acids is 1. The Morgan fingerprint density at radius 2 is 1.85 bits per heavy atom. The second-order valence-corrected chi connectivity index (χ2v) is 6.29. The van der Waals surface area contributed by atoms with Crippen LogP contribution in [0.2, 0.25) is 0 Å². The van der Waals surface area contributed by atoms with Crippen LogP contribution in [0.15, 0.2) is 48.5 Å². The Hall–Kier alpha value is -2.86. The zero-order valence-corrected chi connectivity index (χ0v) is 15.2. The van der Waals surface area contributed by atoms with Crippen LogP contribution in [0.1, 0.15) is 27.9 Å². The van der Waals surface area contributed by atoms with Gasteiger partial charge in [-0.2, -0.15) is 0 Å². The van der Waals surface area contributed by atoms with Crippen LogP contribution in [0.25, 0.3) is 0 Å². The molecule has 0 unspecified atom stereocenters. The maximum atomic E-state index is 11.9. The van der Waals surface area contributed by atoms with Crippen LogP contribution in [0.3, 0.4) is 0 Å². The molecule has 138 valence electrons. The van der Waals surface area contributed by atoms with E-state index in [1.807, 2.05) is 25.2 Å². The molecule has 0 aromatic heterocycles. The minimum absolute atomic E-state index is 0.185. The fraction of sp³-hybridized carbons (Fsp3) is 0.300. The smallest absolute Gasteiger partial charge is 0.336 e. The van der Waals surface area contributed by atoms with Crippen LogP contribution < -0.4 is 10.6 Å². The van der Waals surface area contributed by atoms with Crippen LogP contribution in [0, 0.1) is 6.92 Å². The van der Waals surface area contributed by atoms with Crippen molar-refractivity contribution in [3.8, 4) is 0 Å². The van der Waals surface area contributed by atoms with Gasteiger partial charge in [0.05, 0.1) is 5.56 Å². The first-order chi connectivity index (χ1) is 12.5. The average Bonchev–Trinajstić information content (AvgIpc) is 2.61. The highest BCUT2D eigenvalue weighted by molar-refractivity contribution is 5.94. The third-order valence-electron chi connectivity index (χ3n) is 4.02. The zero-order valence-electron chi connectivity index (χ0n) is 15.2. The van der Waals surface area contributed by atoms with Gasteiger partial charge in [0.1, 0.15) is 0 Å². The molecular weight excluding hydrogens is 330 g/mol. The highest BCUT2D eigenvalue weighted by Crippen LogP contribution is 2.15. The number of amides is 2. The number of benzene rings is 2. The van der Waals surface area contributed by atoms with Gasteiger partial charge in [-0.15, -0.1) is 0 Å². The van der Waals surface area contributed by atoms with Gasteiger partial charge in [-0.1, -0.05) is 36.4 Å². The number of nitrogens with one attached hydrogen (secondary N) is 2. The molecule has 2 rings (SSSR count). The van der Waals surface area contributed by atoms with Crippen molar-refractivity contribution in [1.82, 2.24) is 10.2 Å². The summed E-state index contributed by atoms with van der Waals surface area (Å²) in [6, 6.07) is 14.7. The molecule has 2 aromatic rings. The normalized spacial score (nSPS) is 10.6. The summed E-state index contributed by atoms with van der Waals surface area (Å²) in [4.78, 5) is 25.3. The van der Waals surface area contributed by atoms with E-state index in [4.69, 9.17) is 5.11 Å². The van der Waals surface area contributed by atoms with Gasteiger partial charge in [-0.05, 0) is 50.2 Å². The predicted molar refractivity (Wildman–Crippen MR) is 103 cm³/mol. The van der Waals surface area contributed by atoms with E-state index < -0.39 is 5.97 Å². The largest absolute Gasteiger partial charge is 0.478 e. The van der Waals surface area contributed by atoms with E-state index in [0.29, 0.717) is 17.8 Å². The lowest BCUT2D eigenvalue weighted by atomic mass is 10.1. The molecule has 0 heterocycles. The Bertz CT molecular complexity index is 747. The molecule has 0 aliphatic heterocycles. The Balaban J connectivity index is 1.70. The summed E-state index contributed by atoms with van der Waals surface area (Å²) in [5, 5.41) is 14.6. The van der Waals surface area contributed by atoms with E-state index in [1.165, 1.54) is 11.6 Å². The fourth-order valence-corrected chi connectivity index (χ4v) is 2.63. The van der Waals surface area contributed by atoms with Gasteiger partial charge < -0.3 is 20.6 Å². The van der Waals surface area contributed by atoms with Gasteiger partial charge in [-0.3, -0.25) is 0 Å². The number of aromatic carboxylic acids is 1. The number of hydrogen-bond acceptors (Lipinski definition) is 3. The second-order valence-electron chi connectivity index (χ2n) is 6.29. The van der Waals surface area contributed by atoms with Crippen molar-refractivity contribution < 1.29 is 14.7 Å². The summed E-state index contributed by atoms with van der Waals surface area (Å²) in [7, 11) is 2.05. The fourth-order valence-electron chi connectivity index (χ4n) is 2.63. The Morgan fingerprint density at radius 1 is 1.12 bits per heavy atom. The van der Waals surface area contributed by atoms with Crippen LogP contribution in [-0.2, 0) is 6.54 Å². The molecule has 0 bridgehead atoms. The number of carbonyl (C=O) groups excluding carboxylic acids is 1. The SMILES string of the molecule is Cc1ccc(NC(=O)NCCCN(C)Cc2ccccc2)cc1C(=O)O. The molecule has 0 aliphatic rings. The monoisotopic (exact) mass is 355 g/mol. The van der Waals surface area contributed by atoms with Crippen molar-refractivity contribution in [1.29, 1.82) is 0 Å². The van der Waals surface area contributed by atoms with E-state index in [0.717, 1.165) is 19.5 Å². The lowest BCUT2D eigenvalue weighted by Crippen LogP contribution is -2.31. The van der Waals surface area contributed by atoms with Crippen molar-refractivity contribution in [2.24, 2.45) is 0 Å². The molecular formula is C20H25N3O3. The van der Waals surface area contributed by atoms with E-state index >= 15 is 0 Å². The van der Waals surface area contributed by atoms with Crippen molar-refractivity contribution >= 4 is 17.7 Å². The Kier molecular flexibility index (Phi) is 7.17. The molecule has 2 amide bonds. The van der Waals surface area contributed by atoms with Crippen LogP contribution in [0.4, 0.5) is 10.5 Å². The van der Waals surface area contributed by atoms with E-state index in [-0.39, 0.29) is 11.6 Å². The van der Waals surface area contributed by atoms with Gasteiger partial charge in [0.25, 0.3) is 0 Å². The maximum Gasteiger partial charge on any atom is 0.336 e. The molecule has 6 heteroatoms. The summed E-state index contributed by atoms with van der Waals surface area (Å²) < 4.78 is 0. The molecule has 3 N–H and O–H groups in total. The van der Waals surface area contributed by atoms with Gasteiger partial charge in [0.15, 0.2) is 0 Å². The number of aryl methyl sites for hydroxylation is 1. The van der Waals surface area contributed by atoms with E-state index in [1.54, 1.807) is 19.1 Å². The molecule has 0 aliphatic carbocycles. The molecule has 0 saturated heterocycles. The average molecular weight is 355 g/mol. The first-order valence-corrected chi connectivity index (χ1v) is 8.57. The van der Waals surface area contributed by atoms with Crippen molar-refractivity contribution in [2.45, 2.75) is 19.9 Å². The lowest BCUT2D eigenvalue weighted by Gasteiger charge is -2.17. The predicted octanol–water partition coefficient (Wildman–Crippen LogP) is 3.34. The number of carbonyl (C=O) groups is 2. The molecule has 0 radical (unpaired) electrons. The third-order valence-corrected chi connectivity index (χ3v) is 4.02. The second kappa shape index (κ2) is 9.58. The van der Waals surface area contributed by atoms with Gasteiger partial charge in [0, 0.05) is 18.8 Å². The molecule has 0 fully saturated rings. The third kappa shape index (κ3) is 6.22. The first kappa shape index (κ1) is 19.5. The number of rotatable bonds is 8. The molecule has 6 nitrogen and oxygen atoms in total. The van der Waals surface area contributed by atoms with Crippen molar-refractivity contribution in [3.05, 3.63) is 65.2 Å². The highest BCUT2D eigenvalue weighted by Gasteiger charge is 2.09. The molecule has 2 aromatic carbocycles. The summed E-state index contributed by atoms with van der Waals surface area (Å²) in [6.45, 7) is 4.00. The number of anilines is 1. The van der Waals surface area contributed by atoms with Crippen molar-refractivity contribution in [3.63, 3.8) is 0 Å². The minimum atomic E-state index is -1.01. The summed E-state index contributed by atoms with van der Waals surface area (Å²) >= 11 is 0. The number of urea groups is 1. The number of nitrogens with zero attached hydrogens (tertiary/aromatic N) is 1. The molecule has 0 spiro atoms. The van der Waals surface area contributed by atoms with Gasteiger partial charge >= 0.3 is 12.0 Å². The Labute approximate surface area is 153 Å². The Morgan fingerprint density at radius 3 is 2.54 bits per heavy atom. The standard InChI is InChI=1S/C20H25N3O3/c1-15-9-10-17(13-18(15)19(24)25)22-20(26)21-11-6-12-23(2)14-16-7-4-3-5-8-16/h3-5,7-10,13H,6,11-12,14H2,1-2H3,(H,24,25)(H2,21,22,26). The van der Waals surface area contributed by atoms with Crippen LogP contribution in [-0.4, -0.2) is 42.1 Å². The molecule has 26 heavy (non-hydrogen) atoms. The van der Waals surface area contributed by atoms with Crippen LogP contribution >= 0.6 is 0 Å². The van der Waals surface area contributed by atoms with Gasteiger partial charge in [-0.25, -0.2) is 9.59 Å². The summed E-state index contributed by atoms with van der Waals surface area (Å²) in [5.41, 5.74) is 2.57. The number of hydrogen-bond donors (Lipinski definition) is 3. The summed E-state index contributed by atoms with van der Waals surface area (Å²) in [6.07, 6.45) is 0.824. The summed E-state index contributed by atoms with van der Waals surface area (Å²) in [5.74, 6) is -1.01. The minimum Gasteiger partial charge on any atom is -0.478 e. The molecule has 0 atom stereocenters.